The number of hydrogen-bond donors (Lipinski definition) is 0. The number of nitrogens with zero attached hydrogens (tertiary/aromatic N) is 4. The van der Waals surface area contributed by atoms with E-state index in [0.717, 1.165) is 23.3 Å². The smallest absolute Gasteiger partial charge is 0.240 e. The average Bonchev–Trinajstić information content (AvgIpc) is 3.14. The number of alkyl halides is 3. The molecule has 7 heteroatoms. The van der Waals surface area contributed by atoms with Crippen molar-refractivity contribution in [3.05, 3.63) is 96.2 Å². The second-order valence-corrected chi connectivity index (χ2v) is 7.37. The molecule has 4 nitrogen and oxygen atoms in total. The van der Waals surface area contributed by atoms with E-state index in [-0.39, 0.29) is 5.69 Å². The molecule has 2 aromatic heterocycles. The maximum absolute atomic E-state index is 13.3. The first-order chi connectivity index (χ1) is 15.4. The Kier molecular flexibility index (Phi) is 4.74. The van der Waals surface area contributed by atoms with Gasteiger partial charge in [-0.2, -0.15) is 18.3 Å². The zero-order chi connectivity index (χ0) is 22.3. The highest BCUT2D eigenvalue weighted by Gasteiger charge is 2.31. The van der Waals surface area contributed by atoms with Crippen LogP contribution in [0.15, 0.2) is 84.9 Å². The normalized spacial score (nSPS) is 11.8. The van der Waals surface area contributed by atoms with Crippen LogP contribution in [0.5, 0.6) is 0 Å². The zero-order valence-electron chi connectivity index (χ0n) is 17.0. The van der Waals surface area contributed by atoms with Crippen molar-refractivity contribution in [3.8, 4) is 28.2 Å². The Hall–Kier alpha value is -4.00. The zero-order valence-corrected chi connectivity index (χ0v) is 17.0. The lowest BCUT2D eigenvalue weighted by Gasteiger charge is -2.11. The summed E-state index contributed by atoms with van der Waals surface area (Å²) >= 11 is 0. The Balaban J connectivity index is 1.79. The van der Waals surface area contributed by atoms with Gasteiger partial charge in [0.05, 0.1) is 28.3 Å². The molecule has 3 aromatic carbocycles. The Morgan fingerprint density at radius 3 is 1.91 bits per heavy atom. The third-order valence-electron chi connectivity index (χ3n) is 5.18. The molecule has 5 aromatic rings. The summed E-state index contributed by atoms with van der Waals surface area (Å²) < 4.78 is 41.2. The standard InChI is InChI=1S/C25H17F3N4/c1-16-21-24(32(31-16)20-14-8-13-19(15-20)25(26,27)28)30-23(18-11-6-3-7-12-18)22(29-21)17-9-4-2-5-10-17/h2-15H,1H3. The molecule has 2 heterocycles. The van der Waals surface area contributed by atoms with Gasteiger partial charge in [-0.1, -0.05) is 66.7 Å². The van der Waals surface area contributed by atoms with Gasteiger partial charge in [0.2, 0.25) is 0 Å². The predicted octanol–water partition coefficient (Wildman–Crippen LogP) is 6.48. The molecule has 0 atom stereocenters. The van der Waals surface area contributed by atoms with E-state index in [9.17, 15) is 13.2 Å². The largest absolute Gasteiger partial charge is 0.416 e. The quantitative estimate of drug-likeness (QED) is 0.329. The molecule has 0 spiro atoms. The lowest BCUT2D eigenvalue weighted by Crippen LogP contribution is -2.07. The molecule has 0 saturated carbocycles. The summed E-state index contributed by atoms with van der Waals surface area (Å²) in [5.74, 6) is 0. The van der Waals surface area contributed by atoms with Gasteiger partial charge in [-0.05, 0) is 25.1 Å². The molecule has 0 N–H and O–H groups in total. The minimum atomic E-state index is -4.45. The Labute approximate surface area is 182 Å². The predicted molar refractivity (Wildman–Crippen MR) is 117 cm³/mol. The summed E-state index contributed by atoms with van der Waals surface area (Å²) in [5.41, 5.74) is 4.14. The molecule has 0 aliphatic heterocycles. The number of aryl methyl sites for hydroxylation is 1. The first-order valence-electron chi connectivity index (χ1n) is 9.97. The van der Waals surface area contributed by atoms with Crippen molar-refractivity contribution >= 4 is 11.2 Å². The molecule has 0 unspecified atom stereocenters. The molecule has 5 rings (SSSR count). The number of hydrogen-bond acceptors (Lipinski definition) is 3. The first kappa shape index (κ1) is 19.9. The van der Waals surface area contributed by atoms with Crippen LogP contribution in [0.3, 0.4) is 0 Å². The van der Waals surface area contributed by atoms with Gasteiger partial charge in [0.25, 0.3) is 0 Å². The van der Waals surface area contributed by atoms with Crippen LogP contribution in [0.25, 0.3) is 39.4 Å². The maximum atomic E-state index is 13.3. The summed E-state index contributed by atoms with van der Waals surface area (Å²) in [6.07, 6.45) is -4.45. The van der Waals surface area contributed by atoms with E-state index in [1.807, 2.05) is 60.7 Å². The molecule has 0 bridgehead atoms. The van der Waals surface area contributed by atoms with Gasteiger partial charge in [0, 0.05) is 11.1 Å². The number of benzene rings is 3. The molecule has 0 aliphatic rings. The second kappa shape index (κ2) is 7.60. The van der Waals surface area contributed by atoms with Gasteiger partial charge in [-0.25, -0.2) is 14.6 Å². The molecular formula is C25H17F3N4. The molecule has 0 radical (unpaired) electrons. The van der Waals surface area contributed by atoms with Gasteiger partial charge < -0.3 is 0 Å². The molecule has 0 amide bonds. The van der Waals surface area contributed by atoms with Crippen molar-refractivity contribution < 1.29 is 13.2 Å². The maximum Gasteiger partial charge on any atom is 0.416 e. The highest BCUT2D eigenvalue weighted by atomic mass is 19.4. The van der Waals surface area contributed by atoms with Crippen molar-refractivity contribution in [2.24, 2.45) is 0 Å². The minimum absolute atomic E-state index is 0.277. The summed E-state index contributed by atoms with van der Waals surface area (Å²) in [5, 5.41) is 4.48. The Bertz CT molecular complexity index is 1410. The second-order valence-electron chi connectivity index (χ2n) is 7.37. The van der Waals surface area contributed by atoms with E-state index in [4.69, 9.17) is 9.97 Å². The van der Waals surface area contributed by atoms with E-state index in [2.05, 4.69) is 5.10 Å². The van der Waals surface area contributed by atoms with Crippen molar-refractivity contribution in [2.45, 2.75) is 13.1 Å². The number of fused-ring (bicyclic) bond motifs is 1. The van der Waals surface area contributed by atoms with Gasteiger partial charge in [0.1, 0.15) is 5.52 Å². The van der Waals surface area contributed by atoms with E-state index >= 15 is 0 Å². The first-order valence-corrected chi connectivity index (χ1v) is 9.97. The Morgan fingerprint density at radius 1 is 0.719 bits per heavy atom. The van der Waals surface area contributed by atoms with Crippen LogP contribution < -0.4 is 0 Å². The third kappa shape index (κ3) is 3.51. The van der Waals surface area contributed by atoms with Gasteiger partial charge in [0.15, 0.2) is 5.65 Å². The summed E-state index contributed by atoms with van der Waals surface area (Å²) in [6.45, 7) is 1.78. The monoisotopic (exact) mass is 430 g/mol. The van der Waals surface area contributed by atoms with Gasteiger partial charge in [-0.3, -0.25) is 0 Å². The van der Waals surface area contributed by atoms with E-state index in [0.29, 0.717) is 28.2 Å². The van der Waals surface area contributed by atoms with Crippen molar-refractivity contribution in [1.82, 2.24) is 19.7 Å². The van der Waals surface area contributed by atoms with Gasteiger partial charge in [-0.15, -0.1) is 0 Å². The lowest BCUT2D eigenvalue weighted by molar-refractivity contribution is -0.137. The fraction of sp³-hybridized carbons (Fsp3) is 0.0800. The number of halogens is 3. The fourth-order valence-electron chi connectivity index (χ4n) is 3.65. The van der Waals surface area contributed by atoms with Crippen LogP contribution in [-0.4, -0.2) is 19.7 Å². The number of aromatic nitrogens is 4. The molecule has 0 aliphatic carbocycles. The van der Waals surface area contributed by atoms with Crippen LogP contribution in [0, 0.1) is 6.92 Å². The fourth-order valence-corrected chi connectivity index (χ4v) is 3.65. The van der Waals surface area contributed by atoms with Crippen molar-refractivity contribution in [1.29, 1.82) is 0 Å². The lowest BCUT2D eigenvalue weighted by atomic mass is 10.0. The van der Waals surface area contributed by atoms with Gasteiger partial charge >= 0.3 is 6.18 Å². The van der Waals surface area contributed by atoms with Crippen LogP contribution in [0.1, 0.15) is 11.3 Å². The molecule has 0 fully saturated rings. The SMILES string of the molecule is Cc1nn(-c2cccc(C(F)(F)F)c2)c2nc(-c3ccccc3)c(-c3ccccc3)nc12. The van der Waals surface area contributed by atoms with Crippen LogP contribution >= 0.6 is 0 Å². The van der Waals surface area contributed by atoms with Crippen LogP contribution in [0.2, 0.25) is 0 Å². The summed E-state index contributed by atoms with van der Waals surface area (Å²) in [6, 6.07) is 24.3. The van der Waals surface area contributed by atoms with Crippen molar-refractivity contribution in [3.63, 3.8) is 0 Å². The number of rotatable bonds is 3. The topological polar surface area (TPSA) is 43.6 Å². The Morgan fingerprint density at radius 2 is 1.31 bits per heavy atom. The minimum Gasteiger partial charge on any atom is -0.240 e. The average molecular weight is 430 g/mol. The molecule has 158 valence electrons. The van der Waals surface area contributed by atoms with Crippen molar-refractivity contribution in [2.75, 3.05) is 0 Å². The van der Waals surface area contributed by atoms with E-state index in [1.54, 1.807) is 13.0 Å². The molecular weight excluding hydrogens is 413 g/mol. The summed E-state index contributed by atoms with van der Waals surface area (Å²) in [4.78, 5) is 9.74. The molecule has 32 heavy (non-hydrogen) atoms. The van der Waals surface area contributed by atoms with Crippen LogP contribution in [-0.2, 0) is 6.18 Å². The summed E-state index contributed by atoms with van der Waals surface area (Å²) in [7, 11) is 0. The van der Waals surface area contributed by atoms with E-state index in [1.165, 1.54) is 10.7 Å². The highest BCUT2D eigenvalue weighted by molar-refractivity contribution is 5.86. The van der Waals surface area contributed by atoms with E-state index < -0.39 is 11.7 Å². The molecule has 0 saturated heterocycles. The highest BCUT2D eigenvalue weighted by Crippen LogP contribution is 2.34. The van der Waals surface area contributed by atoms with Crippen LogP contribution in [0.4, 0.5) is 13.2 Å². The third-order valence-corrected chi connectivity index (χ3v) is 5.18.